The van der Waals surface area contributed by atoms with E-state index in [9.17, 15) is 28.8 Å². The van der Waals surface area contributed by atoms with Crippen LogP contribution in [0.25, 0.3) is 0 Å². The van der Waals surface area contributed by atoms with Crippen LogP contribution in [-0.2, 0) is 24.0 Å². The van der Waals surface area contributed by atoms with Gasteiger partial charge in [0, 0.05) is 25.0 Å². The number of carbonyl (C=O) groups is 6. The average molecular weight is 692 g/mol. The third-order valence-corrected chi connectivity index (χ3v) is 10.6. The van der Waals surface area contributed by atoms with Crippen LogP contribution in [0.3, 0.4) is 0 Å². The van der Waals surface area contributed by atoms with Crippen LogP contribution in [0.5, 0.6) is 0 Å². The minimum Gasteiger partial charge on any atom is -0.347 e. The Bertz CT molecular complexity index is 1450. The number of rotatable bonds is 13. The van der Waals surface area contributed by atoms with Gasteiger partial charge < -0.3 is 26.2 Å². The van der Waals surface area contributed by atoms with Crippen molar-refractivity contribution in [1.29, 1.82) is 0 Å². The van der Waals surface area contributed by atoms with E-state index >= 15 is 0 Å². The maximum atomic E-state index is 14.7. The van der Waals surface area contributed by atoms with Crippen molar-refractivity contribution in [1.82, 2.24) is 36.1 Å². The van der Waals surface area contributed by atoms with Crippen molar-refractivity contribution in [3.63, 3.8) is 0 Å². The number of aromatic nitrogens is 2. The van der Waals surface area contributed by atoms with Crippen LogP contribution in [0.2, 0.25) is 0 Å². The van der Waals surface area contributed by atoms with Gasteiger partial charge in [0.05, 0.1) is 12.2 Å². The van der Waals surface area contributed by atoms with Gasteiger partial charge in [-0.15, -0.1) is 0 Å². The molecule has 272 valence electrons. The van der Waals surface area contributed by atoms with E-state index in [-0.39, 0.29) is 29.5 Å². The fraction of sp³-hybridized carbons (Fsp3) is 0.676. The molecule has 0 radical (unpaired) electrons. The third kappa shape index (κ3) is 8.95. The van der Waals surface area contributed by atoms with Crippen LogP contribution >= 0.6 is 0 Å². The predicted octanol–water partition coefficient (Wildman–Crippen LogP) is 2.61. The summed E-state index contributed by atoms with van der Waals surface area (Å²) in [4.78, 5) is 91.7. The number of nitrogens with one attached hydrogen (secondary N) is 4. The zero-order valence-electron chi connectivity index (χ0n) is 29.8. The second kappa shape index (κ2) is 16.2. The molecule has 13 heteroatoms. The Morgan fingerprint density at radius 2 is 1.64 bits per heavy atom. The Morgan fingerprint density at radius 3 is 2.28 bits per heavy atom. The molecule has 2 saturated carbocycles. The molecule has 5 rings (SSSR count). The van der Waals surface area contributed by atoms with Crippen molar-refractivity contribution in [2.45, 2.75) is 129 Å². The second-order valence-corrected chi connectivity index (χ2v) is 15.5. The summed E-state index contributed by atoms with van der Waals surface area (Å²) >= 11 is 0. The molecule has 1 aromatic rings. The van der Waals surface area contributed by atoms with Gasteiger partial charge >= 0.3 is 0 Å². The fourth-order valence-corrected chi connectivity index (χ4v) is 7.65. The lowest BCUT2D eigenvalue weighted by molar-refractivity contribution is -0.146. The maximum absolute atomic E-state index is 14.7. The predicted molar refractivity (Wildman–Crippen MR) is 185 cm³/mol. The molecular weight excluding hydrogens is 638 g/mol. The minimum atomic E-state index is -1.02. The van der Waals surface area contributed by atoms with E-state index in [0.29, 0.717) is 32.2 Å². The number of nitrogens with zero attached hydrogens (tertiary/aromatic N) is 3. The van der Waals surface area contributed by atoms with Crippen molar-refractivity contribution in [2.75, 3.05) is 6.54 Å². The monoisotopic (exact) mass is 691 g/mol. The Morgan fingerprint density at radius 1 is 0.920 bits per heavy atom. The van der Waals surface area contributed by atoms with E-state index in [1.54, 1.807) is 4.90 Å². The molecule has 1 aromatic heterocycles. The lowest BCUT2D eigenvalue weighted by Gasteiger charge is -2.38. The van der Waals surface area contributed by atoms with Gasteiger partial charge in [0.2, 0.25) is 23.5 Å². The van der Waals surface area contributed by atoms with Gasteiger partial charge in [0.1, 0.15) is 23.8 Å². The molecule has 0 aromatic carbocycles. The van der Waals surface area contributed by atoms with Crippen LogP contribution in [0.15, 0.2) is 30.7 Å². The van der Waals surface area contributed by atoms with Gasteiger partial charge in [-0.1, -0.05) is 65.5 Å². The smallest absolute Gasteiger partial charge is 0.289 e. The van der Waals surface area contributed by atoms with Crippen LogP contribution in [0, 0.1) is 23.2 Å². The van der Waals surface area contributed by atoms with Gasteiger partial charge in [-0.05, 0) is 68.1 Å². The summed E-state index contributed by atoms with van der Waals surface area (Å²) in [5.41, 5.74) is -0.662. The minimum absolute atomic E-state index is 0.00439. The number of fused-ring (bicyclic) bond motifs is 1. The molecule has 0 spiro atoms. The quantitative estimate of drug-likeness (QED) is 0.180. The highest BCUT2D eigenvalue weighted by Gasteiger charge is 2.51. The molecule has 1 aliphatic heterocycles. The lowest BCUT2D eigenvalue weighted by atomic mass is 9.81. The molecule has 13 nitrogen and oxygen atoms in total. The standard InChI is InChI=1S/C37H53N7O6/c1-5-11-26(30(45)35(49)40-24-16-17-24)41-34(48)29-25-15-10-9-14-23(25)21-44(29)36(50)31(37(2,3)4)43-33(47)28(22-12-7-6-8-13-22)42-32(46)27-20-38-18-19-39-27/h9-10,18-20,22-26,28-29,31H,5-8,11-17,21H2,1-4H3,(H,40,49)(H,41,48)(H,42,46)(H,43,47)/t23-,25-,26-,28-,29-,31+/m0/s1. The first-order valence-corrected chi connectivity index (χ1v) is 18.4. The number of hydrogen-bond donors (Lipinski definition) is 4. The van der Waals surface area contributed by atoms with E-state index in [1.165, 1.54) is 18.6 Å². The topological polar surface area (TPSA) is 180 Å². The lowest BCUT2D eigenvalue weighted by Crippen LogP contribution is -2.62. The number of likely N-dealkylation sites (tertiary alicyclic amines) is 1. The summed E-state index contributed by atoms with van der Waals surface area (Å²) in [6.45, 7) is 7.78. The second-order valence-electron chi connectivity index (χ2n) is 15.5. The van der Waals surface area contributed by atoms with E-state index < -0.39 is 64.9 Å². The average Bonchev–Trinajstić information content (AvgIpc) is 3.84. The van der Waals surface area contributed by atoms with Crippen molar-refractivity contribution in [3.8, 4) is 0 Å². The number of amides is 5. The summed E-state index contributed by atoms with van der Waals surface area (Å²) in [6, 6.07) is -3.80. The number of ketones is 1. The first-order valence-electron chi connectivity index (χ1n) is 18.4. The highest BCUT2D eigenvalue weighted by molar-refractivity contribution is 6.38. The van der Waals surface area contributed by atoms with Gasteiger partial charge in [-0.3, -0.25) is 33.8 Å². The van der Waals surface area contributed by atoms with Crippen LogP contribution in [0.1, 0.15) is 109 Å². The molecule has 0 bridgehead atoms. The largest absolute Gasteiger partial charge is 0.347 e. The van der Waals surface area contributed by atoms with Crippen molar-refractivity contribution in [3.05, 3.63) is 36.4 Å². The number of carbonyl (C=O) groups excluding carboxylic acids is 6. The summed E-state index contributed by atoms with van der Waals surface area (Å²) in [7, 11) is 0. The van der Waals surface area contributed by atoms with Crippen LogP contribution in [0.4, 0.5) is 0 Å². The molecule has 3 fully saturated rings. The SMILES string of the molecule is CCC[C@H](NC(=O)[C@@H]1[C@H]2CC=CC[C@H]2CN1C(=O)[C@@H](NC(=O)[C@@H](NC(=O)c1cnccn1)C1CCCCC1)C(C)(C)C)C(=O)C(=O)NC1CC1. The summed E-state index contributed by atoms with van der Waals surface area (Å²) < 4.78 is 0. The summed E-state index contributed by atoms with van der Waals surface area (Å²) in [5.74, 6) is -3.50. The van der Waals surface area contributed by atoms with E-state index in [4.69, 9.17) is 0 Å². The Hall–Kier alpha value is -4.16. The molecule has 6 atom stereocenters. The van der Waals surface area contributed by atoms with Crippen LogP contribution < -0.4 is 21.3 Å². The van der Waals surface area contributed by atoms with Crippen molar-refractivity contribution in [2.24, 2.45) is 23.2 Å². The number of allylic oxidation sites excluding steroid dienone is 2. The Balaban J connectivity index is 1.37. The Kier molecular flexibility index (Phi) is 12.1. The molecule has 50 heavy (non-hydrogen) atoms. The van der Waals surface area contributed by atoms with Gasteiger partial charge in [0.15, 0.2) is 0 Å². The van der Waals surface area contributed by atoms with E-state index in [2.05, 4.69) is 37.3 Å². The fourth-order valence-electron chi connectivity index (χ4n) is 7.65. The number of hydrogen-bond acceptors (Lipinski definition) is 8. The first-order chi connectivity index (χ1) is 23.9. The molecule has 4 aliphatic rings. The van der Waals surface area contributed by atoms with Gasteiger partial charge in [-0.25, -0.2) is 4.98 Å². The zero-order chi connectivity index (χ0) is 36.0. The summed E-state index contributed by atoms with van der Waals surface area (Å²) in [6.07, 6.45) is 16.6. The molecular formula is C37H53N7O6. The van der Waals surface area contributed by atoms with Crippen LogP contribution in [-0.4, -0.2) is 86.9 Å². The molecule has 3 aliphatic carbocycles. The third-order valence-electron chi connectivity index (χ3n) is 10.6. The molecule has 2 heterocycles. The molecule has 1 saturated heterocycles. The highest BCUT2D eigenvalue weighted by Crippen LogP contribution is 2.39. The molecule has 4 N–H and O–H groups in total. The van der Waals surface area contributed by atoms with E-state index in [1.807, 2.05) is 33.8 Å². The Labute approximate surface area is 294 Å². The molecule has 0 unspecified atom stereocenters. The summed E-state index contributed by atoms with van der Waals surface area (Å²) in [5, 5.41) is 11.5. The maximum Gasteiger partial charge on any atom is 0.289 e. The number of Topliss-reactive ketones (excluding diaryl/α,β-unsaturated/α-hetero) is 1. The normalized spacial score (nSPS) is 23.9. The van der Waals surface area contributed by atoms with Gasteiger partial charge in [-0.2, -0.15) is 0 Å². The van der Waals surface area contributed by atoms with E-state index in [0.717, 1.165) is 44.9 Å². The molecule has 5 amide bonds. The van der Waals surface area contributed by atoms with Gasteiger partial charge in [0.25, 0.3) is 11.8 Å². The van der Waals surface area contributed by atoms with Crippen molar-refractivity contribution < 1.29 is 28.8 Å². The zero-order valence-corrected chi connectivity index (χ0v) is 29.8. The first kappa shape index (κ1) is 37.1. The van der Waals surface area contributed by atoms with Crippen molar-refractivity contribution >= 4 is 35.3 Å². The highest BCUT2D eigenvalue weighted by atomic mass is 16.2.